The molecule has 2 aromatic rings. The topological polar surface area (TPSA) is 20.2 Å². The molecule has 0 radical (unpaired) electrons. The predicted octanol–water partition coefficient (Wildman–Crippen LogP) is 4.43. The highest BCUT2D eigenvalue weighted by Crippen LogP contribution is 2.30. The second-order valence-electron chi connectivity index (χ2n) is 6.42. The first-order chi connectivity index (χ1) is 9.02. The molecule has 102 valence electrons. The Bertz CT molecular complexity index is 531. The van der Waals surface area contributed by atoms with Crippen molar-refractivity contribution in [2.75, 3.05) is 6.61 Å². The molecule has 1 nitrogen and oxygen atoms in total. The molecule has 1 atom stereocenters. The quantitative estimate of drug-likeness (QED) is 0.858. The molecule has 2 rings (SSSR count). The van der Waals surface area contributed by atoms with E-state index in [2.05, 4.69) is 63.2 Å². The molecule has 0 saturated carbocycles. The summed E-state index contributed by atoms with van der Waals surface area (Å²) in [6.07, 6.45) is 2.07. The van der Waals surface area contributed by atoms with Gasteiger partial charge in [-0.15, -0.1) is 0 Å². The van der Waals surface area contributed by atoms with Crippen molar-refractivity contribution < 1.29 is 5.11 Å². The fourth-order valence-corrected chi connectivity index (χ4v) is 2.64. The highest BCUT2D eigenvalue weighted by atomic mass is 16.3. The van der Waals surface area contributed by atoms with Gasteiger partial charge in [0.25, 0.3) is 0 Å². The maximum absolute atomic E-state index is 9.55. The van der Waals surface area contributed by atoms with Crippen molar-refractivity contribution in [3.05, 3.63) is 48.0 Å². The molecule has 1 heteroatoms. The average molecular weight is 256 g/mol. The zero-order valence-corrected chi connectivity index (χ0v) is 12.2. The van der Waals surface area contributed by atoms with E-state index in [-0.39, 0.29) is 12.0 Å². The molecule has 19 heavy (non-hydrogen) atoms. The Morgan fingerprint density at radius 3 is 2.37 bits per heavy atom. The van der Waals surface area contributed by atoms with Crippen molar-refractivity contribution in [3.63, 3.8) is 0 Å². The summed E-state index contributed by atoms with van der Waals surface area (Å²) in [6, 6.07) is 15.0. The lowest BCUT2D eigenvalue weighted by Gasteiger charge is -2.29. The molecule has 0 aliphatic heterocycles. The Morgan fingerprint density at radius 2 is 1.68 bits per heavy atom. The van der Waals surface area contributed by atoms with Gasteiger partial charge in [0.05, 0.1) is 0 Å². The monoisotopic (exact) mass is 256 g/mol. The number of aliphatic hydroxyl groups excluding tert-OH is 1. The predicted molar refractivity (Wildman–Crippen MR) is 82.3 cm³/mol. The van der Waals surface area contributed by atoms with Gasteiger partial charge in [-0.25, -0.2) is 0 Å². The van der Waals surface area contributed by atoms with Crippen molar-refractivity contribution in [3.8, 4) is 0 Å². The molecule has 0 heterocycles. The van der Waals surface area contributed by atoms with Gasteiger partial charge in [-0.05, 0) is 40.5 Å². The first-order valence-electron chi connectivity index (χ1n) is 7.10. The molecule has 0 amide bonds. The Hall–Kier alpha value is -1.34. The number of aryl methyl sites for hydroxylation is 1. The van der Waals surface area contributed by atoms with Crippen molar-refractivity contribution in [2.24, 2.45) is 11.3 Å². The van der Waals surface area contributed by atoms with Crippen LogP contribution >= 0.6 is 0 Å². The van der Waals surface area contributed by atoms with Crippen LogP contribution in [0.2, 0.25) is 0 Å². The highest BCUT2D eigenvalue weighted by molar-refractivity contribution is 5.85. The minimum atomic E-state index is 0.166. The number of fused-ring (bicyclic) bond motifs is 1. The van der Waals surface area contributed by atoms with Crippen LogP contribution in [0.3, 0.4) is 0 Å². The third-order valence-electron chi connectivity index (χ3n) is 4.09. The van der Waals surface area contributed by atoms with E-state index in [0.717, 1.165) is 12.8 Å². The van der Waals surface area contributed by atoms with E-state index in [9.17, 15) is 5.11 Å². The third-order valence-corrected chi connectivity index (χ3v) is 4.09. The fourth-order valence-electron chi connectivity index (χ4n) is 2.64. The minimum absolute atomic E-state index is 0.166. The van der Waals surface area contributed by atoms with Gasteiger partial charge in [0.2, 0.25) is 0 Å². The standard InChI is InChI=1S/C18H24O/c1-18(2,3)16(13-19)12-11-15-9-6-8-14-7-4-5-10-17(14)15/h4-10,16,19H,11-13H2,1-3H3. The lowest BCUT2D eigenvalue weighted by Crippen LogP contribution is -2.24. The first-order valence-corrected chi connectivity index (χ1v) is 7.10. The van der Waals surface area contributed by atoms with Crippen LogP contribution in [0.1, 0.15) is 32.8 Å². The van der Waals surface area contributed by atoms with E-state index in [0.29, 0.717) is 5.92 Å². The summed E-state index contributed by atoms with van der Waals surface area (Å²) < 4.78 is 0. The molecular weight excluding hydrogens is 232 g/mol. The fraction of sp³-hybridized carbons (Fsp3) is 0.444. The molecule has 0 aromatic heterocycles. The van der Waals surface area contributed by atoms with Gasteiger partial charge in [-0.1, -0.05) is 63.2 Å². The van der Waals surface area contributed by atoms with Crippen LogP contribution in [0, 0.1) is 11.3 Å². The summed E-state index contributed by atoms with van der Waals surface area (Å²) in [5.41, 5.74) is 1.56. The van der Waals surface area contributed by atoms with E-state index < -0.39 is 0 Å². The SMILES string of the molecule is CC(C)(C)C(CO)CCc1cccc2ccccc12. The second kappa shape index (κ2) is 5.75. The van der Waals surface area contributed by atoms with Crippen LogP contribution in [0.25, 0.3) is 10.8 Å². The maximum Gasteiger partial charge on any atom is 0.0464 e. The van der Waals surface area contributed by atoms with Gasteiger partial charge in [-0.3, -0.25) is 0 Å². The molecule has 0 bridgehead atoms. The zero-order chi connectivity index (χ0) is 13.9. The molecule has 1 N–H and O–H groups in total. The maximum atomic E-state index is 9.55. The lowest BCUT2D eigenvalue weighted by atomic mass is 9.78. The van der Waals surface area contributed by atoms with Crippen molar-refractivity contribution in [1.82, 2.24) is 0 Å². The molecule has 2 aromatic carbocycles. The molecule has 0 saturated heterocycles. The van der Waals surface area contributed by atoms with Gasteiger partial charge in [0.15, 0.2) is 0 Å². The third kappa shape index (κ3) is 3.36. The van der Waals surface area contributed by atoms with E-state index in [4.69, 9.17) is 0 Å². The molecular formula is C18H24O. The normalized spacial score (nSPS) is 13.7. The summed E-state index contributed by atoms with van der Waals surface area (Å²) in [4.78, 5) is 0. The number of rotatable bonds is 4. The number of hydrogen-bond acceptors (Lipinski definition) is 1. The molecule has 0 aliphatic rings. The van der Waals surface area contributed by atoms with Gasteiger partial charge in [0, 0.05) is 6.61 Å². The Kier molecular flexibility index (Phi) is 4.26. The van der Waals surface area contributed by atoms with E-state index in [1.54, 1.807) is 0 Å². The number of aliphatic hydroxyl groups is 1. The largest absolute Gasteiger partial charge is 0.396 e. The van der Waals surface area contributed by atoms with Crippen molar-refractivity contribution >= 4 is 10.8 Å². The van der Waals surface area contributed by atoms with Crippen LogP contribution in [-0.2, 0) is 6.42 Å². The smallest absolute Gasteiger partial charge is 0.0464 e. The summed E-state index contributed by atoms with van der Waals surface area (Å²) in [5.74, 6) is 0.353. The number of benzene rings is 2. The summed E-state index contributed by atoms with van der Waals surface area (Å²) >= 11 is 0. The molecule has 0 spiro atoms. The lowest BCUT2D eigenvalue weighted by molar-refractivity contribution is 0.123. The van der Waals surface area contributed by atoms with Gasteiger partial charge >= 0.3 is 0 Å². The second-order valence-corrected chi connectivity index (χ2v) is 6.42. The Labute approximate surface area is 116 Å². The van der Waals surface area contributed by atoms with Crippen LogP contribution in [0.5, 0.6) is 0 Å². The zero-order valence-electron chi connectivity index (χ0n) is 12.2. The van der Waals surface area contributed by atoms with Crippen molar-refractivity contribution in [1.29, 1.82) is 0 Å². The molecule has 0 aliphatic carbocycles. The van der Waals surface area contributed by atoms with Crippen LogP contribution < -0.4 is 0 Å². The summed E-state index contributed by atoms with van der Waals surface area (Å²) in [5, 5.41) is 12.2. The van der Waals surface area contributed by atoms with Gasteiger partial charge in [-0.2, -0.15) is 0 Å². The van der Waals surface area contributed by atoms with Crippen molar-refractivity contribution in [2.45, 2.75) is 33.6 Å². The Morgan fingerprint density at radius 1 is 1.00 bits per heavy atom. The average Bonchev–Trinajstić information content (AvgIpc) is 2.38. The summed E-state index contributed by atoms with van der Waals surface area (Å²) in [7, 11) is 0. The van der Waals surface area contributed by atoms with E-state index >= 15 is 0 Å². The first kappa shape index (κ1) is 14.1. The number of hydrogen-bond donors (Lipinski definition) is 1. The minimum Gasteiger partial charge on any atom is -0.396 e. The Balaban J connectivity index is 2.18. The molecule has 0 fully saturated rings. The van der Waals surface area contributed by atoms with Gasteiger partial charge < -0.3 is 5.11 Å². The van der Waals surface area contributed by atoms with Crippen LogP contribution in [0.4, 0.5) is 0 Å². The van der Waals surface area contributed by atoms with E-state index in [1.165, 1.54) is 16.3 Å². The summed E-state index contributed by atoms with van der Waals surface area (Å²) in [6.45, 7) is 6.89. The highest BCUT2D eigenvalue weighted by Gasteiger charge is 2.23. The molecule has 1 unspecified atom stereocenters. The van der Waals surface area contributed by atoms with Crippen LogP contribution in [-0.4, -0.2) is 11.7 Å². The van der Waals surface area contributed by atoms with E-state index in [1.807, 2.05) is 0 Å². The van der Waals surface area contributed by atoms with Gasteiger partial charge in [0.1, 0.15) is 0 Å². The van der Waals surface area contributed by atoms with Crippen LogP contribution in [0.15, 0.2) is 42.5 Å².